The van der Waals surface area contributed by atoms with E-state index in [2.05, 4.69) is 9.97 Å². The molecule has 0 radical (unpaired) electrons. The van der Waals surface area contributed by atoms with Crippen LogP contribution in [0.2, 0.25) is 0 Å². The fourth-order valence-corrected chi connectivity index (χ4v) is 2.85. The van der Waals surface area contributed by atoms with Gasteiger partial charge in [-0.1, -0.05) is 6.07 Å². The van der Waals surface area contributed by atoms with E-state index >= 15 is 0 Å². The third-order valence-electron chi connectivity index (χ3n) is 4.15. The molecular formula is C17H16FN3O3. The van der Waals surface area contributed by atoms with Crippen LogP contribution in [0.4, 0.5) is 4.39 Å². The highest BCUT2D eigenvalue weighted by atomic mass is 19.1. The largest absolute Gasteiger partial charge is 0.481 e. The molecule has 0 bridgehead atoms. The summed E-state index contributed by atoms with van der Waals surface area (Å²) in [7, 11) is 0. The van der Waals surface area contributed by atoms with Gasteiger partial charge in [-0.15, -0.1) is 0 Å². The Labute approximate surface area is 138 Å². The van der Waals surface area contributed by atoms with Gasteiger partial charge >= 0.3 is 5.97 Å². The van der Waals surface area contributed by atoms with E-state index in [4.69, 9.17) is 5.11 Å². The van der Waals surface area contributed by atoms with Crippen molar-refractivity contribution in [2.24, 2.45) is 5.92 Å². The van der Waals surface area contributed by atoms with Gasteiger partial charge in [0.25, 0.3) is 5.91 Å². The van der Waals surface area contributed by atoms with E-state index in [1.54, 1.807) is 18.5 Å². The molecular weight excluding hydrogens is 313 g/mol. The average molecular weight is 329 g/mol. The number of carbonyl (C=O) groups is 2. The minimum atomic E-state index is -0.924. The lowest BCUT2D eigenvalue weighted by molar-refractivity contribution is -0.143. The number of likely N-dealkylation sites (tertiary alicyclic amines) is 1. The zero-order valence-corrected chi connectivity index (χ0v) is 12.9. The normalized spacial score (nSPS) is 17.5. The standard InChI is InChI=1S/C17H16FN3O3/c18-15-6-11(13-7-19-10-20-8-13)3-4-14(15)16(22)21-5-1-2-12(9-21)17(23)24/h3-4,6-8,10,12H,1-2,5,9H2,(H,23,24). The van der Waals surface area contributed by atoms with Crippen molar-refractivity contribution in [3.8, 4) is 11.1 Å². The van der Waals surface area contributed by atoms with Crippen molar-refractivity contribution in [1.29, 1.82) is 0 Å². The highest BCUT2D eigenvalue weighted by molar-refractivity contribution is 5.95. The van der Waals surface area contributed by atoms with E-state index in [1.807, 2.05) is 0 Å². The maximum atomic E-state index is 14.4. The Bertz CT molecular complexity index is 767. The lowest BCUT2D eigenvalue weighted by Crippen LogP contribution is -2.42. The number of amides is 1. The first kappa shape index (κ1) is 16.0. The number of aromatic nitrogens is 2. The third-order valence-corrected chi connectivity index (χ3v) is 4.15. The highest BCUT2D eigenvalue weighted by Crippen LogP contribution is 2.23. The second-order valence-corrected chi connectivity index (χ2v) is 5.75. The highest BCUT2D eigenvalue weighted by Gasteiger charge is 2.29. The van der Waals surface area contributed by atoms with Gasteiger partial charge in [0.05, 0.1) is 11.5 Å². The zero-order chi connectivity index (χ0) is 17.1. The molecule has 1 saturated heterocycles. The quantitative estimate of drug-likeness (QED) is 0.933. The Kier molecular flexibility index (Phi) is 4.50. The summed E-state index contributed by atoms with van der Waals surface area (Å²) in [6.07, 6.45) is 5.64. The smallest absolute Gasteiger partial charge is 0.308 e. The summed E-state index contributed by atoms with van der Waals surface area (Å²) in [5, 5.41) is 9.10. The number of carboxylic acid groups (broad SMARTS) is 1. The van der Waals surface area contributed by atoms with Crippen molar-refractivity contribution >= 4 is 11.9 Å². The van der Waals surface area contributed by atoms with Crippen LogP contribution in [0, 0.1) is 11.7 Å². The molecule has 1 fully saturated rings. The molecule has 0 saturated carbocycles. The van der Waals surface area contributed by atoms with Gasteiger partial charge in [-0.2, -0.15) is 0 Å². The molecule has 2 aromatic rings. The van der Waals surface area contributed by atoms with Crippen molar-refractivity contribution < 1.29 is 19.1 Å². The Morgan fingerprint density at radius 1 is 1.21 bits per heavy atom. The predicted octanol–water partition coefficient (Wildman–Crippen LogP) is 2.22. The minimum Gasteiger partial charge on any atom is -0.481 e. The van der Waals surface area contributed by atoms with Gasteiger partial charge in [0.2, 0.25) is 0 Å². The van der Waals surface area contributed by atoms with Crippen LogP contribution in [0.1, 0.15) is 23.2 Å². The summed E-state index contributed by atoms with van der Waals surface area (Å²) in [5.41, 5.74) is 1.17. The number of aliphatic carboxylic acids is 1. The average Bonchev–Trinajstić information content (AvgIpc) is 2.62. The summed E-state index contributed by atoms with van der Waals surface area (Å²) in [6, 6.07) is 4.32. The first-order valence-corrected chi connectivity index (χ1v) is 7.63. The maximum absolute atomic E-state index is 14.4. The summed E-state index contributed by atoms with van der Waals surface area (Å²) < 4.78 is 14.4. The van der Waals surface area contributed by atoms with Gasteiger partial charge in [0, 0.05) is 31.0 Å². The number of nitrogens with zero attached hydrogens (tertiary/aromatic N) is 3. The van der Waals surface area contributed by atoms with Crippen molar-refractivity contribution in [2.75, 3.05) is 13.1 Å². The number of carbonyl (C=O) groups excluding carboxylic acids is 1. The predicted molar refractivity (Wildman–Crippen MR) is 83.7 cm³/mol. The summed E-state index contributed by atoms with van der Waals surface area (Å²) in [6.45, 7) is 0.554. The van der Waals surface area contributed by atoms with Crippen molar-refractivity contribution in [2.45, 2.75) is 12.8 Å². The van der Waals surface area contributed by atoms with Crippen molar-refractivity contribution in [1.82, 2.24) is 14.9 Å². The van der Waals surface area contributed by atoms with Gasteiger partial charge in [0.1, 0.15) is 12.1 Å². The summed E-state index contributed by atoms with van der Waals surface area (Å²) >= 11 is 0. The molecule has 24 heavy (non-hydrogen) atoms. The van der Waals surface area contributed by atoms with E-state index in [0.717, 1.165) is 0 Å². The van der Waals surface area contributed by atoms with Crippen LogP contribution in [-0.4, -0.2) is 44.9 Å². The van der Waals surface area contributed by atoms with Gasteiger partial charge in [0.15, 0.2) is 0 Å². The number of rotatable bonds is 3. The van der Waals surface area contributed by atoms with Gasteiger partial charge in [-0.25, -0.2) is 14.4 Å². The number of benzene rings is 1. The van der Waals surface area contributed by atoms with E-state index in [-0.39, 0.29) is 12.1 Å². The molecule has 1 aromatic heterocycles. The molecule has 1 amide bonds. The molecule has 1 unspecified atom stereocenters. The molecule has 1 atom stereocenters. The monoisotopic (exact) mass is 329 g/mol. The Morgan fingerprint density at radius 2 is 1.96 bits per heavy atom. The first-order valence-electron chi connectivity index (χ1n) is 7.63. The van der Waals surface area contributed by atoms with Crippen LogP contribution in [0.15, 0.2) is 36.9 Å². The zero-order valence-electron chi connectivity index (χ0n) is 12.9. The van der Waals surface area contributed by atoms with Gasteiger partial charge < -0.3 is 10.0 Å². The molecule has 1 aromatic carbocycles. The molecule has 0 spiro atoms. The second kappa shape index (κ2) is 6.74. The van der Waals surface area contributed by atoms with Crippen LogP contribution in [0.3, 0.4) is 0 Å². The summed E-state index contributed by atoms with van der Waals surface area (Å²) in [5.74, 6) is -2.63. The van der Waals surface area contributed by atoms with E-state index < -0.39 is 23.6 Å². The molecule has 0 aliphatic carbocycles. The fourth-order valence-electron chi connectivity index (χ4n) is 2.85. The van der Waals surface area contributed by atoms with Crippen LogP contribution in [-0.2, 0) is 4.79 Å². The van der Waals surface area contributed by atoms with E-state index in [1.165, 1.54) is 23.4 Å². The van der Waals surface area contributed by atoms with Crippen molar-refractivity contribution in [3.05, 3.63) is 48.3 Å². The van der Waals surface area contributed by atoms with E-state index in [9.17, 15) is 14.0 Å². The Morgan fingerprint density at radius 3 is 2.62 bits per heavy atom. The first-order chi connectivity index (χ1) is 11.6. The molecule has 124 valence electrons. The maximum Gasteiger partial charge on any atom is 0.308 e. The molecule has 7 heteroatoms. The minimum absolute atomic E-state index is 0.0540. The number of piperidine rings is 1. The van der Waals surface area contributed by atoms with Crippen LogP contribution in [0.5, 0.6) is 0 Å². The van der Waals surface area contributed by atoms with Crippen LogP contribution < -0.4 is 0 Å². The van der Waals surface area contributed by atoms with Crippen molar-refractivity contribution in [3.63, 3.8) is 0 Å². The van der Waals surface area contributed by atoms with Gasteiger partial charge in [-0.3, -0.25) is 9.59 Å². The lowest BCUT2D eigenvalue weighted by atomic mass is 9.97. The summed E-state index contributed by atoms with van der Waals surface area (Å²) in [4.78, 5) is 32.8. The Hall–Kier alpha value is -2.83. The van der Waals surface area contributed by atoms with E-state index in [0.29, 0.717) is 30.5 Å². The molecule has 2 heterocycles. The Balaban J connectivity index is 1.82. The number of carboxylic acids is 1. The third kappa shape index (κ3) is 3.24. The SMILES string of the molecule is O=C(O)C1CCCN(C(=O)c2ccc(-c3cncnc3)cc2F)C1. The molecule has 3 rings (SSSR count). The molecule has 1 aliphatic heterocycles. The molecule has 1 N–H and O–H groups in total. The van der Waals surface area contributed by atoms with Crippen LogP contribution >= 0.6 is 0 Å². The second-order valence-electron chi connectivity index (χ2n) is 5.75. The topological polar surface area (TPSA) is 83.4 Å². The molecule has 6 nitrogen and oxygen atoms in total. The number of halogens is 1. The number of hydrogen-bond donors (Lipinski definition) is 1. The van der Waals surface area contributed by atoms with Gasteiger partial charge in [-0.05, 0) is 30.5 Å². The molecule has 1 aliphatic rings. The fraction of sp³-hybridized carbons (Fsp3) is 0.294. The van der Waals surface area contributed by atoms with Crippen LogP contribution in [0.25, 0.3) is 11.1 Å². The lowest BCUT2D eigenvalue weighted by Gasteiger charge is -2.30. The number of hydrogen-bond acceptors (Lipinski definition) is 4.